The van der Waals surface area contributed by atoms with Crippen LogP contribution in [-0.4, -0.2) is 33.4 Å². The third-order valence-corrected chi connectivity index (χ3v) is 3.90. The van der Waals surface area contributed by atoms with E-state index in [1.54, 1.807) is 12.3 Å². The number of H-pyrrole nitrogens is 1. The zero-order valence-electron chi connectivity index (χ0n) is 12.1. The van der Waals surface area contributed by atoms with Gasteiger partial charge in [0.25, 0.3) is 0 Å². The number of nitrogens with zero attached hydrogens (tertiary/aromatic N) is 2. The smallest absolute Gasteiger partial charge is 0.223 e. The minimum atomic E-state index is -0.273. The average molecular weight is 287 g/mol. The van der Waals surface area contributed by atoms with Crippen molar-refractivity contribution in [1.29, 1.82) is 0 Å². The number of aromatic nitrogens is 2. The SMILES string of the molecule is CC(C)N1CC(c2ncc(-c3cccc(F)c3)[nH]2)CC1=O. The molecule has 3 rings (SSSR count). The summed E-state index contributed by atoms with van der Waals surface area (Å²) in [6.07, 6.45) is 2.18. The Morgan fingerprint density at radius 3 is 2.90 bits per heavy atom. The predicted octanol–water partition coefficient (Wildman–Crippen LogP) is 2.94. The molecule has 4 nitrogen and oxygen atoms in total. The average Bonchev–Trinajstić information content (AvgIpc) is 3.05. The van der Waals surface area contributed by atoms with E-state index in [0.717, 1.165) is 17.1 Å². The maximum absolute atomic E-state index is 13.3. The van der Waals surface area contributed by atoms with Gasteiger partial charge >= 0.3 is 0 Å². The van der Waals surface area contributed by atoms with Gasteiger partial charge in [0.2, 0.25) is 5.91 Å². The van der Waals surface area contributed by atoms with Crippen LogP contribution >= 0.6 is 0 Å². The van der Waals surface area contributed by atoms with Gasteiger partial charge in [-0.05, 0) is 26.0 Å². The number of carbonyl (C=O) groups is 1. The van der Waals surface area contributed by atoms with Gasteiger partial charge in [-0.3, -0.25) is 4.79 Å². The third-order valence-electron chi connectivity index (χ3n) is 3.90. The van der Waals surface area contributed by atoms with Crippen LogP contribution in [0.1, 0.15) is 32.0 Å². The molecule has 1 unspecified atom stereocenters. The van der Waals surface area contributed by atoms with Gasteiger partial charge in [0, 0.05) is 30.5 Å². The number of benzene rings is 1. The van der Waals surface area contributed by atoms with Crippen LogP contribution in [0, 0.1) is 5.82 Å². The molecule has 1 aromatic carbocycles. The number of hydrogen-bond acceptors (Lipinski definition) is 2. The minimum Gasteiger partial charge on any atom is -0.342 e. The second-order valence-electron chi connectivity index (χ2n) is 5.73. The second kappa shape index (κ2) is 5.31. The van der Waals surface area contributed by atoms with Crippen LogP contribution < -0.4 is 0 Å². The number of likely N-dealkylation sites (tertiary alicyclic amines) is 1. The van der Waals surface area contributed by atoms with Gasteiger partial charge in [-0.2, -0.15) is 0 Å². The Balaban J connectivity index is 1.81. The van der Waals surface area contributed by atoms with Crippen LogP contribution in [0.2, 0.25) is 0 Å². The quantitative estimate of drug-likeness (QED) is 0.943. The van der Waals surface area contributed by atoms with Crippen molar-refractivity contribution in [1.82, 2.24) is 14.9 Å². The molecule has 2 heterocycles. The Hall–Kier alpha value is -2.17. The topological polar surface area (TPSA) is 49.0 Å². The van der Waals surface area contributed by atoms with Crippen molar-refractivity contribution in [3.63, 3.8) is 0 Å². The lowest BCUT2D eigenvalue weighted by Gasteiger charge is -2.20. The lowest BCUT2D eigenvalue weighted by atomic mass is 10.1. The number of carbonyl (C=O) groups excluding carboxylic acids is 1. The molecule has 0 bridgehead atoms. The number of imidazole rings is 1. The molecule has 0 spiro atoms. The molecular formula is C16H18FN3O. The largest absolute Gasteiger partial charge is 0.342 e. The first-order valence-corrected chi connectivity index (χ1v) is 7.15. The monoisotopic (exact) mass is 287 g/mol. The summed E-state index contributed by atoms with van der Waals surface area (Å²) in [5.41, 5.74) is 1.54. The summed E-state index contributed by atoms with van der Waals surface area (Å²) in [7, 11) is 0. The fourth-order valence-corrected chi connectivity index (χ4v) is 2.76. The van der Waals surface area contributed by atoms with E-state index in [1.165, 1.54) is 12.1 Å². The molecule has 1 atom stereocenters. The molecule has 5 heteroatoms. The molecule has 1 fully saturated rings. The summed E-state index contributed by atoms with van der Waals surface area (Å²) >= 11 is 0. The molecule has 0 radical (unpaired) electrons. The van der Waals surface area contributed by atoms with Crippen LogP contribution in [0.15, 0.2) is 30.5 Å². The summed E-state index contributed by atoms with van der Waals surface area (Å²) in [5, 5.41) is 0. The van der Waals surface area contributed by atoms with E-state index in [0.29, 0.717) is 13.0 Å². The highest BCUT2D eigenvalue weighted by atomic mass is 19.1. The summed E-state index contributed by atoms with van der Waals surface area (Å²) in [6, 6.07) is 6.60. The summed E-state index contributed by atoms with van der Waals surface area (Å²) in [4.78, 5) is 21.4. The zero-order valence-corrected chi connectivity index (χ0v) is 12.1. The zero-order chi connectivity index (χ0) is 15.0. The molecule has 2 aromatic rings. The predicted molar refractivity (Wildman–Crippen MR) is 78.2 cm³/mol. The number of aromatic amines is 1. The van der Waals surface area contributed by atoms with Crippen LogP contribution in [0.3, 0.4) is 0 Å². The lowest BCUT2D eigenvalue weighted by Crippen LogP contribution is -2.31. The molecule has 1 aliphatic heterocycles. The van der Waals surface area contributed by atoms with Gasteiger partial charge in [0.15, 0.2) is 0 Å². The fourth-order valence-electron chi connectivity index (χ4n) is 2.76. The van der Waals surface area contributed by atoms with Crippen LogP contribution in [-0.2, 0) is 4.79 Å². The molecule has 1 N–H and O–H groups in total. The van der Waals surface area contributed by atoms with Crippen molar-refractivity contribution in [2.45, 2.75) is 32.2 Å². The lowest BCUT2D eigenvalue weighted by molar-refractivity contribution is -0.129. The summed E-state index contributed by atoms with van der Waals surface area (Å²) in [6.45, 7) is 4.72. The molecule has 1 aromatic heterocycles. The van der Waals surface area contributed by atoms with Crippen molar-refractivity contribution in [2.75, 3.05) is 6.54 Å². The molecule has 110 valence electrons. The molecule has 0 aliphatic carbocycles. The van der Waals surface area contributed by atoms with Crippen molar-refractivity contribution in [3.05, 3.63) is 42.1 Å². The van der Waals surface area contributed by atoms with E-state index in [1.807, 2.05) is 24.8 Å². The molecule has 1 amide bonds. The number of rotatable bonds is 3. The van der Waals surface area contributed by atoms with Crippen molar-refractivity contribution < 1.29 is 9.18 Å². The van der Waals surface area contributed by atoms with Crippen LogP contribution in [0.25, 0.3) is 11.3 Å². The van der Waals surface area contributed by atoms with Crippen molar-refractivity contribution in [2.24, 2.45) is 0 Å². The molecule has 1 aliphatic rings. The highest BCUT2D eigenvalue weighted by Crippen LogP contribution is 2.29. The van der Waals surface area contributed by atoms with Gasteiger partial charge in [0.1, 0.15) is 11.6 Å². The van der Waals surface area contributed by atoms with E-state index in [9.17, 15) is 9.18 Å². The van der Waals surface area contributed by atoms with E-state index < -0.39 is 0 Å². The highest BCUT2D eigenvalue weighted by molar-refractivity contribution is 5.79. The molecule has 21 heavy (non-hydrogen) atoms. The summed E-state index contributed by atoms with van der Waals surface area (Å²) in [5.74, 6) is 0.775. The first-order chi connectivity index (χ1) is 10.0. The minimum absolute atomic E-state index is 0.0854. The Morgan fingerprint density at radius 2 is 2.24 bits per heavy atom. The van der Waals surface area contributed by atoms with Gasteiger partial charge < -0.3 is 9.88 Å². The third kappa shape index (κ3) is 2.68. The van der Waals surface area contributed by atoms with Gasteiger partial charge in [0.05, 0.1) is 11.9 Å². The standard InChI is InChI=1S/C16H18FN3O/c1-10(2)20-9-12(7-15(20)21)16-18-8-14(19-16)11-4-3-5-13(17)6-11/h3-6,8,10,12H,7,9H2,1-2H3,(H,18,19). The Labute approximate surface area is 123 Å². The van der Waals surface area contributed by atoms with E-state index >= 15 is 0 Å². The second-order valence-corrected chi connectivity index (χ2v) is 5.73. The van der Waals surface area contributed by atoms with Gasteiger partial charge in [-0.1, -0.05) is 12.1 Å². The van der Waals surface area contributed by atoms with E-state index in [4.69, 9.17) is 0 Å². The van der Waals surface area contributed by atoms with E-state index in [-0.39, 0.29) is 23.7 Å². The highest BCUT2D eigenvalue weighted by Gasteiger charge is 2.33. The Bertz CT molecular complexity index is 665. The first-order valence-electron chi connectivity index (χ1n) is 7.15. The molecular weight excluding hydrogens is 269 g/mol. The van der Waals surface area contributed by atoms with Crippen LogP contribution in [0.5, 0.6) is 0 Å². The summed E-state index contributed by atoms with van der Waals surface area (Å²) < 4.78 is 13.3. The number of amides is 1. The molecule has 1 saturated heterocycles. The van der Waals surface area contributed by atoms with Gasteiger partial charge in [-0.15, -0.1) is 0 Å². The Kier molecular flexibility index (Phi) is 3.49. The van der Waals surface area contributed by atoms with Crippen LogP contribution in [0.4, 0.5) is 4.39 Å². The maximum atomic E-state index is 13.3. The van der Waals surface area contributed by atoms with E-state index in [2.05, 4.69) is 9.97 Å². The normalized spacial score (nSPS) is 18.8. The number of hydrogen-bond donors (Lipinski definition) is 1. The number of halogens is 1. The fraction of sp³-hybridized carbons (Fsp3) is 0.375. The maximum Gasteiger partial charge on any atom is 0.223 e. The van der Waals surface area contributed by atoms with Crippen molar-refractivity contribution >= 4 is 5.91 Å². The van der Waals surface area contributed by atoms with Gasteiger partial charge in [-0.25, -0.2) is 9.37 Å². The van der Waals surface area contributed by atoms with Crippen molar-refractivity contribution in [3.8, 4) is 11.3 Å². The first kappa shape index (κ1) is 13.8. The Morgan fingerprint density at radius 1 is 1.43 bits per heavy atom. The molecule has 0 saturated carbocycles. The number of nitrogens with one attached hydrogen (secondary N) is 1.